The summed E-state index contributed by atoms with van der Waals surface area (Å²) in [6, 6.07) is 5.80. The Morgan fingerprint density at radius 3 is 2.35 bits per heavy atom. The highest BCUT2D eigenvalue weighted by molar-refractivity contribution is 6.03. The molecule has 1 aliphatic heterocycles. The van der Waals surface area contributed by atoms with Crippen LogP contribution in [0.5, 0.6) is 0 Å². The van der Waals surface area contributed by atoms with Gasteiger partial charge in [0.1, 0.15) is 0 Å². The van der Waals surface area contributed by atoms with Crippen molar-refractivity contribution in [2.45, 2.75) is 38.6 Å². The number of Topliss-reactive ketones (excluding diaryl/α,β-unsaturated/α-hetero) is 1. The summed E-state index contributed by atoms with van der Waals surface area (Å²) in [6.45, 7) is 7.89. The standard InChI is InChI=1S/C14H20N2O/c1-13(2)10-8-9(15)6-7-11(10)16(5)14(3,4)12(13)17/h6-8H,15H2,1-5H3. The lowest BCUT2D eigenvalue weighted by Gasteiger charge is -2.48. The first-order valence-corrected chi connectivity index (χ1v) is 5.88. The zero-order chi connectivity index (χ0) is 13.0. The minimum Gasteiger partial charge on any atom is -0.399 e. The van der Waals surface area contributed by atoms with Crippen LogP contribution in [0.3, 0.4) is 0 Å². The topological polar surface area (TPSA) is 46.3 Å². The third kappa shape index (κ3) is 1.45. The number of fused-ring (bicyclic) bond motifs is 1. The average Bonchev–Trinajstić information content (AvgIpc) is 2.25. The minimum atomic E-state index is -0.485. The lowest BCUT2D eigenvalue weighted by molar-refractivity contribution is -0.128. The Bertz CT molecular complexity index is 489. The van der Waals surface area contributed by atoms with Gasteiger partial charge in [-0.25, -0.2) is 0 Å². The van der Waals surface area contributed by atoms with Gasteiger partial charge in [0.05, 0.1) is 11.0 Å². The fourth-order valence-electron chi connectivity index (χ4n) is 2.69. The number of hydrogen-bond acceptors (Lipinski definition) is 3. The lowest BCUT2D eigenvalue weighted by Crippen LogP contribution is -2.58. The maximum atomic E-state index is 12.6. The Kier molecular flexibility index (Phi) is 2.29. The Hall–Kier alpha value is -1.51. The monoisotopic (exact) mass is 232 g/mol. The third-order valence-electron chi connectivity index (χ3n) is 4.02. The first-order chi connectivity index (χ1) is 7.69. The molecule has 0 radical (unpaired) electrons. The molecule has 0 bridgehead atoms. The molecule has 92 valence electrons. The molecule has 0 aromatic heterocycles. The molecule has 0 unspecified atom stereocenters. The molecule has 1 aromatic carbocycles. The molecule has 0 saturated carbocycles. The summed E-state index contributed by atoms with van der Waals surface area (Å²) in [4.78, 5) is 14.6. The molecule has 3 nitrogen and oxygen atoms in total. The van der Waals surface area contributed by atoms with Gasteiger partial charge in [-0.3, -0.25) is 4.79 Å². The van der Waals surface area contributed by atoms with Gasteiger partial charge in [0.25, 0.3) is 0 Å². The first-order valence-electron chi connectivity index (χ1n) is 5.88. The second-order valence-corrected chi connectivity index (χ2v) is 5.85. The molecule has 0 amide bonds. The quantitative estimate of drug-likeness (QED) is 0.698. The Morgan fingerprint density at radius 1 is 1.18 bits per heavy atom. The van der Waals surface area contributed by atoms with Crippen molar-refractivity contribution >= 4 is 17.2 Å². The maximum absolute atomic E-state index is 12.6. The maximum Gasteiger partial charge on any atom is 0.167 e. The molecular weight excluding hydrogens is 212 g/mol. The molecular formula is C14H20N2O. The van der Waals surface area contributed by atoms with Crippen LogP contribution in [0.1, 0.15) is 33.3 Å². The largest absolute Gasteiger partial charge is 0.399 e. The molecule has 3 heteroatoms. The Labute approximate surface area is 103 Å². The highest BCUT2D eigenvalue weighted by atomic mass is 16.1. The summed E-state index contributed by atoms with van der Waals surface area (Å²) in [5.74, 6) is 0.227. The predicted molar refractivity (Wildman–Crippen MR) is 71.4 cm³/mol. The highest BCUT2D eigenvalue weighted by Crippen LogP contribution is 2.44. The number of nitrogens with zero attached hydrogens (tertiary/aromatic N) is 1. The number of likely N-dealkylation sites (N-methyl/N-ethyl adjacent to an activating group) is 1. The summed E-state index contributed by atoms with van der Waals surface area (Å²) in [6.07, 6.45) is 0. The van der Waals surface area contributed by atoms with E-state index in [0.717, 1.165) is 11.3 Å². The van der Waals surface area contributed by atoms with Gasteiger partial charge >= 0.3 is 0 Å². The van der Waals surface area contributed by atoms with Crippen LogP contribution in [0.15, 0.2) is 18.2 Å². The van der Waals surface area contributed by atoms with Crippen LogP contribution in [-0.4, -0.2) is 18.4 Å². The number of rotatable bonds is 0. The number of anilines is 2. The third-order valence-corrected chi connectivity index (χ3v) is 4.02. The fourth-order valence-corrected chi connectivity index (χ4v) is 2.69. The zero-order valence-corrected chi connectivity index (χ0v) is 11.2. The number of nitrogen functional groups attached to an aromatic ring is 1. The molecule has 0 aliphatic carbocycles. The van der Waals surface area contributed by atoms with Gasteiger partial charge in [-0.05, 0) is 51.5 Å². The zero-order valence-electron chi connectivity index (χ0n) is 11.2. The van der Waals surface area contributed by atoms with Gasteiger partial charge in [-0.15, -0.1) is 0 Å². The molecule has 1 heterocycles. The summed E-state index contributed by atoms with van der Waals surface area (Å²) in [5, 5.41) is 0. The summed E-state index contributed by atoms with van der Waals surface area (Å²) in [5.41, 5.74) is 7.68. The number of benzene rings is 1. The predicted octanol–water partition coefficient (Wildman–Crippen LogP) is 2.34. The van der Waals surface area contributed by atoms with Crippen molar-refractivity contribution in [1.29, 1.82) is 0 Å². The molecule has 0 fully saturated rings. The van der Waals surface area contributed by atoms with Crippen molar-refractivity contribution in [3.05, 3.63) is 23.8 Å². The van der Waals surface area contributed by atoms with Gasteiger partial charge in [0.2, 0.25) is 0 Å². The van der Waals surface area contributed by atoms with E-state index in [1.165, 1.54) is 0 Å². The molecule has 1 aromatic rings. The summed E-state index contributed by atoms with van der Waals surface area (Å²) >= 11 is 0. The van der Waals surface area contributed by atoms with E-state index in [1.54, 1.807) is 0 Å². The number of carbonyl (C=O) groups is 1. The van der Waals surface area contributed by atoms with Crippen LogP contribution in [0.2, 0.25) is 0 Å². The van der Waals surface area contributed by atoms with Crippen molar-refractivity contribution in [3.8, 4) is 0 Å². The molecule has 0 spiro atoms. The number of hydrogen-bond donors (Lipinski definition) is 1. The number of ketones is 1. The van der Waals surface area contributed by atoms with Crippen molar-refractivity contribution < 1.29 is 4.79 Å². The highest BCUT2D eigenvalue weighted by Gasteiger charge is 2.48. The Balaban J connectivity index is 2.74. The van der Waals surface area contributed by atoms with Crippen molar-refractivity contribution in [2.75, 3.05) is 17.7 Å². The average molecular weight is 232 g/mol. The van der Waals surface area contributed by atoms with E-state index in [4.69, 9.17) is 5.73 Å². The molecule has 0 saturated heterocycles. The molecule has 1 aliphatic rings. The normalized spacial score (nSPS) is 21.2. The van der Waals surface area contributed by atoms with Gasteiger partial charge in [0, 0.05) is 18.4 Å². The van der Waals surface area contributed by atoms with E-state index in [1.807, 2.05) is 57.8 Å². The molecule has 0 atom stereocenters. The lowest BCUT2D eigenvalue weighted by atomic mass is 9.69. The van der Waals surface area contributed by atoms with Crippen molar-refractivity contribution in [2.24, 2.45) is 0 Å². The van der Waals surface area contributed by atoms with Crippen LogP contribution >= 0.6 is 0 Å². The minimum absolute atomic E-state index is 0.227. The van der Waals surface area contributed by atoms with E-state index in [9.17, 15) is 4.79 Å². The second kappa shape index (κ2) is 3.25. The van der Waals surface area contributed by atoms with Gasteiger partial charge in [-0.1, -0.05) is 0 Å². The van der Waals surface area contributed by atoms with Gasteiger partial charge < -0.3 is 10.6 Å². The SMILES string of the molecule is CN1c2ccc(N)cc2C(C)(C)C(=O)C1(C)C. The van der Waals surface area contributed by atoms with Crippen LogP contribution in [0.25, 0.3) is 0 Å². The van der Waals surface area contributed by atoms with E-state index in [-0.39, 0.29) is 5.78 Å². The summed E-state index contributed by atoms with van der Waals surface area (Å²) < 4.78 is 0. The molecule has 2 rings (SSSR count). The van der Waals surface area contributed by atoms with Crippen molar-refractivity contribution in [1.82, 2.24) is 0 Å². The second-order valence-electron chi connectivity index (χ2n) is 5.85. The van der Waals surface area contributed by atoms with Crippen LogP contribution in [0.4, 0.5) is 11.4 Å². The van der Waals surface area contributed by atoms with E-state index >= 15 is 0 Å². The number of nitrogens with two attached hydrogens (primary N) is 1. The van der Waals surface area contributed by atoms with E-state index < -0.39 is 11.0 Å². The van der Waals surface area contributed by atoms with Gasteiger partial charge in [-0.2, -0.15) is 0 Å². The fraction of sp³-hybridized carbons (Fsp3) is 0.500. The smallest absolute Gasteiger partial charge is 0.167 e. The van der Waals surface area contributed by atoms with E-state index in [2.05, 4.69) is 0 Å². The molecule has 2 N–H and O–H groups in total. The van der Waals surface area contributed by atoms with Crippen molar-refractivity contribution in [3.63, 3.8) is 0 Å². The van der Waals surface area contributed by atoms with Crippen LogP contribution < -0.4 is 10.6 Å². The van der Waals surface area contributed by atoms with Gasteiger partial charge in [0.15, 0.2) is 5.78 Å². The first kappa shape index (κ1) is 12.0. The van der Waals surface area contributed by atoms with Crippen LogP contribution in [-0.2, 0) is 10.2 Å². The number of carbonyl (C=O) groups excluding carboxylic acids is 1. The van der Waals surface area contributed by atoms with E-state index in [0.29, 0.717) is 5.69 Å². The Morgan fingerprint density at radius 2 is 1.76 bits per heavy atom. The molecule has 17 heavy (non-hydrogen) atoms. The van der Waals surface area contributed by atoms with Crippen LogP contribution in [0, 0.1) is 0 Å². The summed E-state index contributed by atoms with van der Waals surface area (Å²) in [7, 11) is 1.96.